The van der Waals surface area contributed by atoms with Gasteiger partial charge in [-0.25, -0.2) is 4.68 Å². The quantitative estimate of drug-likeness (QED) is 0.627. The molecule has 1 aromatic carbocycles. The molecule has 0 saturated heterocycles. The highest BCUT2D eigenvalue weighted by Crippen LogP contribution is 2.39. The first-order valence-corrected chi connectivity index (χ1v) is 8.73. The highest BCUT2D eigenvalue weighted by atomic mass is 32.2. The number of anilines is 1. The van der Waals surface area contributed by atoms with Gasteiger partial charge in [-0.1, -0.05) is 30.8 Å². The minimum Gasteiger partial charge on any atom is -0.336 e. The number of nitrogen functional groups attached to an aromatic ring is 1. The number of aryl methyl sites for hydroxylation is 1. The number of carbonyl (C=O) groups excluding carboxylic acids is 1. The summed E-state index contributed by atoms with van der Waals surface area (Å²) >= 11 is 1.32. The molecule has 1 fully saturated rings. The number of carbonyl (C=O) groups is 1. The van der Waals surface area contributed by atoms with Crippen LogP contribution in [0.4, 0.5) is 5.69 Å². The van der Waals surface area contributed by atoms with Gasteiger partial charge in [-0.3, -0.25) is 4.79 Å². The van der Waals surface area contributed by atoms with Crippen molar-refractivity contribution in [1.29, 1.82) is 0 Å². The molecule has 122 valence electrons. The molecular weight excluding hydrogens is 310 g/mol. The molecule has 3 N–H and O–H groups in total. The van der Waals surface area contributed by atoms with Gasteiger partial charge >= 0.3 is 0 Å². The third-order valence-corrected chi connectivity index (χ3v) is 4.97. The van der Waals surface area contributed by atoms with Gasteiger partial charge in [0.15, 0.2) is 5.82 Å². The van der Waals surface area contributed by atoms with Crippen molar-refractivity contribution >= 4 is 23.4 Å². The Bertz CT molecular complexity index is 693. The molecule has 23 heavy (non-hydrogen) atoms. The largest absolute Gasteiger partial charge is 0.336 e. The summed E-state index contributed by atoms with van der Waals surface area (Å²) in [6.45, 7) is 3.94. The Kier molecular flexibility index (Phi) is 4.56. The van der Waals surface area contributed by atoms with Crippen LogP contribution >= 0.6 is 11.8 Å². The molecule has 1 heterocycles. The summed E-state index contributed by atoms with van der Waals surface area (Å²) in [5.41, 5.74) is 2.04. The first-order valence-electron chi connectivity index (χ1n) is 7.85. The number of aromatic nitrogens is 3. The minimum atomic E-state index is -0.306. The van der Waals surface area contributed by atoms with E-state index in [4.69, 9.17) is 5.84 Å². The number of benzene rings is 1. The monoisotopic (exact) mass is 331 g/mol. The van der Waals surface area contributed by atoms with E-state index in [-0.39, 0.29) is 11.2 Å². The number of rotatable bonds is 6. The normalized spacial score (nSPS) is 15.4. The lowest BCUT2D eigenvalue weighted by Crippen LogP contribution is -2.23. The van der Waals surface area contributed by atoms with Crippen molar-refractivity contribution in [2.24, 2.45) is 0 Å². The average molecular weight is 331 g/mol. The van der Waals surface area contributed by atoms with Crippen LogP contribution in [0.25, 0.3) is 0 Å². The number of nitrogens with zero attached hydrogens (tertiary/aromatic N) is 3. The van der Waals surface area contributed by atoms with Crippen LogP contribution in [-0.2, 0) is 11.2 Å². The predicted molar refractivity (Wildman–Crippen MR) is 91.9 cm³/mol. The van der Waals surface area contributed by atoms with Crippen molar-refractivity contribution in [2.75, 3.05) is 11.2 Å². The molecule has 6 nitrogen and oxygen atoms in total. The molecule has 1 atom stereocenters. The molecule has 0 aliphatic heterocycles. The first kappa shape index (κ1) is 15.9. The molecule has 0 radical (unpaired) electrons. The number of nitrogens with two attached hydrogens (primary N) is 1. The van der Waals surface area contributed by atoms with Crippen LogP contribution in [0, 0.1) is 0 Å². The smallest absolute Gasteiger partial charge is 0.237 e. The van der Waals surface area contributed by atoms with E-state index in [9.17, 15) is 4.79 Å². The van der Waals surface area contributed by atoms with Crippen LogP contribution in [0.2, 0.25) is 0 Å². The maximum atomic E-state index is 12.3. The van der Waals surface area contributed by atoms with E-state index in [0.29, 0.717) is 11.1 Å². The summed E-state index contributed by atoms with van der Waals surface area (Å²) < 4.78 is 1.52. The van der Waals surface area contributed by atoms with Crippen molar-refractivity contribution < 1.29 is 4.79 Å². The van der Waals surface area contributed by atoms with Gasteiger partial charge in [0.05, 0.1) is 5.25 Å². The molecule has 1 aromatic heterocycles. The summed E-state index contributed by atoms with van der Waals surface area (Å²) in [6, 6.07) is 7.88. The Hall–Kier alpha value is -2.02. The Morgan fingerprint density at radius 3 is 2.70 bits per heavy atom. The molecule has 0 bridgehead atoms. The van der Waals surface area contributed by atoms with Gasteiger partial charge in [0.1, 0.15) is 0 Å². The minimum absolute atomic E-state index is 0.0739. The van der Waals surface area contributed by atoms with Gasteiger partial charge in [-0.2, -0.15) is 0 Å². The van der Waals surface area contributed by atoms with Crippen LogP contribution < -0.4 is 11.2 Å². The zero-order valence-corrected chi connectivity index (χ0v) is 14.1. The predicted octanol–water partition coefficient (Wildman–Crippen LogP) is 2.55. The van der Waals surface area contributed by atoms with Gasteiger partial charge < -0.3 is 11.2 Å². The van der Waals surface area contributed by atoms with Gasteiger partial charge in [-0.15, -0.1) is 10.2 Å². The molecule has 7 heteroatoms. The highest BCUT2D eigenvalue weighted by molar-refractivity contribution is 8.00. The molecule has 0 unspecified atom stereocenters. The maximum Gasteiger partial charge on any atom is 0.237 e. The van der Waals surface area contributed by atoms with E-state index >= 15 is 0 Å². The fourth-order valence-electron chi connectivity index (χ4n) is 2.27. The van der Waals surface area contributed by atoms with E-state index in [1.165, 1.54) is 22.0 Å². The van der Waals surface area contributed by atoms with Crippen LogP contribution in [-0.4, -0.2) is 26.0 Å². The van der Waals surface area contributed by atoms with Crippen molar-refractivity contribution in [3.63, 3.8) is 0 Å². The Balaban J connectivity index is 1.60. The van der Waals surface area contributed by atoms with Crippen molar-refractivity contribution in [3.05, 3.63) is 35.7 Å². The molecule has 1 aliphatic carbocycles. The Morgan fingerprint density at radius 2 is 2.09 bits per heavy atom. The Morgan fingerprint density at radius 1 is 1.39 bits per heavy atom. The standard InChI is InChI=1S/C16H21N5OS/c1-3-11-4-8-13(9-5-11)18-15(22)10(2)23-16-20-19-14(21(16)17)12-6-7-12/h4-5,8-10,12H,3,6-7,17H2,1-2H3,(H,18,22)/t10-/m0/s1. The van der Waals surface area contributed by atoms with Gasteiger partial charge in [0, 0.05) is 11.6 Å². The molecule has 3 rings (SSSR count). The number of amides is 1. The summed E-state index contributed by atoms with van der Waals surface area (Å²) in [6.07, 6.45) is 3.21. The molecule has 1 aliphatic rings. The van der Waals surface area contributed by atoms with Gasteiger partial charge in [0.25, 0.3) is 0 Å². The summed E-state index contributed by atoms with van der Waals surface area (Å²) in [5, 5.41) is 11.4. The lowest BCUT2D eigenvalue weighted by Gasteiger charge is -2.12. The van der Waals surface area contributed by atoms with Crippen LogP contribution in [0.15, 0.2) is 29.4 Å². The second-order valence-electron chi connectivity index (χ2n) is 5.78. The van der Waals surface area contributed by atoms with Crippen molar-refractivity contribution in [3.8, 4) is 0 Å². The lowest BCUT2D eigenvalue weighted by atomic mass is 10.1. The number of hydrogen-bond acceptors (Lipinski definition) is 5. The number of thioether (sulfide) groups is 1. The summed E-state index contributed by atoms with van der Waals surface area (Å²) in [7, 11) is 0. The zero-order chi connectivity index (χ0) is 16.4. The van der Waals surface area contributed by atoms with Crippen LogP contribution in [0.1, 0.15) is 44.0 Å². The SMILES string of the molecule is CCc1ccc(NC(=O)[C@H](C)Sc2nnc(C3CC3)n2N)cc1. The van der Waals surface area contributed by atoms with Gasteiger partial charge in [-0.05, 0) is 43.9 Å². The second kappa shape index (κ2) is 6.62. The third-order valence-electron chi connectivity index (χ3n) is 3.91. The van der Waals surface area contributed by atoms with Crippen LogP contribution in [0.5, 0.6) is 0 Å². The molecule has 1 saturated carbocycles. The van der Waals surface area contributed by atoms with Crippen LogP contribution in [0.3, 0.4) is 0 Å². The zero-order valence-electron chi connectivity index (χ0n) is 13.3. The van der Waals surface area contributed by atoms with E-state index in [1.54, 1.807) is 0 Å². The highest BCUT2D eigenvalue weighted by Gasteiger charge is 2.30. The van der Waals surface area contributed by atoms with Crippen molar-refractivity contribution in [2.45, 2.75) is 49.4 Å². The van der Waals surface area contributed by atoms with E-state index in [2.05, 4.69) is 22.4 Å². The molecular formula is C16H21N5OS. The molecule has 0 spiro atoms. The number of nitrogens with one attached hydrogen (secondary N) is 1. The first-order chi connectivity index (χ1) is 11.1. The lowest BCUT2D eigenvalue weighted by molar-refractivity contribution is -0.115. The molecule has 2 aromatic rings. The van der Waals surface area contributed by atoms with Crippen molar-refractivity contribution in [1.82, 2.24) is 14.9 Å². The second-order valence-corrected chi connectivity index (χ2v) is 7.09. The van der Waals surface area contributed by atoms with E-state index in [1.807, 2.05) is 31.2 Å². The maximum absolute atomic E-state index is 12.3. The van der Waals surface area contributed by atoms with Gasteiger partial charge in [0.2, 0.25) is 11.1 Å². The topological polar surface area (TPSA) is 85.8 Å². The summed E-state index contributed by atoms with van der Waals surface area (Å²) in [4.78, 5) is 12.3. The van der Waals surface area contributed by atoms with E-state index < -0.39 is 0 Å². The summed E-state index contributed by atoms with van der Waals surface area (Å²) in [5.74, 6) is 7.19. The molecule has 1 amide bonds. The van der Waals surface area contributed by atoms with E-state index in [0.717, 1.165) is 30.8 Å². The fourth-order valence-corrected chi connectivity index (χ4v) is 3.05. The fraction of sp³-hybridized carbons (Fsp3) is 0.438. The third kappa shape index (κ3) is 3.67. The Labute approximate surface area is 139 Å². The number of hydrogen-bond donors (Lipinski definition) is 2. The average Bonchev–Trinajstić information content (AvgIpc) is 3.33.